The first-order valence-electron chi connectivity index (χ1n) is 6.21. The van der Waals surface area contributed by atoms with Crippen molar-refractivity contribution in [2.24, 2.45) is 0 Å². The van der Waals surface area contributed by atoms with Gasteiger partial charge in [0, 0.05) is 10.7 Å². The molecule has 0 aliphatic rings. The highest BCUT2D eigenvalue weighted by Crippen LogP contribution is 2.29. The maximum absolute atomic E-state index is 5.91. The molecule has 0 radical (unpaired) electrons. The lowest BCUT2D eigenvalue weighted by molar-refractivity contribution is 0.466. The van der Waals surface area contributed by atoms with E-state index in [4.69, 9.17) is 10.5 Å². The summed E-state index contributed by atoms with van der Waals surface area (Å²) in [7, 11) is 0. The monoisotopic (exact) mass is 328 g/mol. The zero-order valence-electron chi connectivity index (χ0n) is 10.9. The van der Waals surface area contributed by atoms with E-state index in [-0.39, 0.29) is 0 Å². The summed E-state index contributed by atoms with van der Waals surface area (Å²) in [5.41, 5.74) is 7.46. The minimum Gasteiger partial charge on any atom is -0.437 e. The number of aryl methyl sites for hydroxylation is 1. The Kier molecular flexibility index (Phi) is 3.32. The summed E-state index contributed by atoms with van der Waals surface area (Å²) in [4.78, 5) is 4.21. The molecular weight excluding hydrogens is 316 g/mol. The molecule has 0 aliphatic carbocycles. The van der Waals surface area contributed by atoms with E-state index >= 15 is 0 Å². The Bertz CT molecular complexity index is 787. The molecule has 3 rings (SSSR count). The number of fused-ring (bicyclic) bond motifs is 1. The van der Waals surface area contributed by atoms with Gasteiger partial charge in [-0.3, -0.25) is 0 Å². The van der Waals surface area contributed by atoms with Crippen molar-refractivity contribution in [2.75, 3.05) is 5.73 Å². The van der Waals surface area contributed by atoms with Gasteiger partial charge < -0.3 is 10.5 Å². The number of nitrogens with two attached hydrogens (primary N) is 1. The number of hydrogen-bond acceptors (Lipinski definition) is 3. The fraction of sp³-hybridized carbons (Fsp3) is 0.0625. The number of aromatic nitrogens is 1. The van der Waals surface area contributed by atoms with Crippen molar-refractivity contribution in [1.29, 1.82) is 0 Å². The van der Waals surface area contributed by atoms with Gasteiger partial charge in [0.2, 0.25) is 5.88 Å². The summed E-state index contributed by atoms with van der Waals surface area (Å²) >= 11 is 3.46. The SMILES string of the molecule is Cc1cnc(Oc2ccc3cc(Br)ccc3c2)c(N)c1. The number of benzene rings is 2. The van der Waals surface area contributed by atoms with Crippen LogP contribution in [0.15, 0.2) is 53.1 Å². The number of rotatable bonds is 2. The summed E-state index contributed by atoms with van der Waals surface area (Å²) in [6, 6.07) is 13.9. The molecule has 0 atom stereocenters. The van der Waals surface area contributed by atoms with Crippen molar-refractivity contribution in [3.63, 3.8) is 0 Å². The summed E-state index contributed by atoms with van der Waals surface area (Å²) in [6.07, 6.45) is 1.74. The Balaban J connectivity index is 1.96. The minimum absolute atomic E-state index is 0.437. The Morgan fingerprint density at radius 2 is 1.80 bits per heavy atom. The van der Waals surface area contributed by atoms with Crippen LogP contribution in [0.25, 0.3) is 10.8 Å². The van der Waals surface area contributed by atoms with Gasteiger partial charge in [0.05, 0.1) is 5.69 Å². The van der Waals surface area contributed by atoms with E-state index in [9.17, 15) is 0 Å². The van der Waals surface area contributed by atoms with Crippen LogP contribution < -0.4 is 10.5 Å². The van der Waals surface area contributed by atoms with E-state index in [1.54, 1.807) is 6.20 Å². The maximum atomic E-state index is 5.91. The molecule has 2 aromatic carbocycles. The maximum Gasteiger partial charge on any atom is 0.242 e. The highest BCUT2D eigenvalue weighted by molar-refractivity contribution is 9.10. The van der Waals surface area contributed by atoms with Gasteiger partial charge in [-0.2, -0.15) is 0 Å². The van der Waals surface area contributed by atoms with Gasteiger partial charge in [0.25, 0.3) is 0 Å². The molecular formula is C16H13BrN2O. The van der Waals surface area contributed by atoms with Gasteiger partial charge in [-0.1, -0.05) is 28.1 Å². The third kappa shape index (κ3) is 2.60. The Hall–Kier alpha value is -2.07. The van der Waals surface area contributed by atoms with Crippen molar-refractivity contribution < 1.29 is 4.74 Å². The third-order valence-electron chi connectivity index (χ3n) is 3.00. The first kappa shape index (κ1) is 12.9. The molecule has 0 fully saturated rings. The van der Waals surface area contributed by atoms with Crippen molar-refractivity contribution in [2.45, 2.75) is 6.92 Å². The Morgan fingerprint density at radius 1 is 1.05 bits per heavy atom. The molecule has 0 saturated heterocycles. The molecule has 0 spiro atoms. The van der Waals surface area contributed by atoms with E-state index < -0.39 is 0 Å². The van der Waals surface area contributed by atoms with Crippen LogP contribution in [-0.2, 0) is 0 Å². The number of pyridine rings is 1. The summed E-state index contributed by atoms with van der Waals surface area (Å²) < 4.78 is 6.81. The first-order chi connectivity index (χ1) is 9.61. The number of nitrogen functional groups attached to an aromatic ring is 1. The van der Waals surface area contributed by atoms with Crippen LogP contribution in [0.5, 0.6) is 11.6 Å². The first-order valence-corrected chi connectivity index (χ1v) is 7.00. The van der Waals surface area contributed by atoms with Gasteiger partial charge in [0.1, 0.15) is 5.75 Å². The van der Waals surface area contributed by atoms with Crippen LogP contribution in [0.3, 0.4) is 0 Å². The van der Waals surface area contributed by atoms with Crippen LogP contribution in [0.2, 0.25) is 0 Å². The van der Waals surface area contributed by atoms with Crippen LogP contribution >= 0.6 is 15.9 Å². The second-order valence-corrected chi connectivity index (χ2v) is 5.58. The quantitative estimate of drug-likeness (QED) is 0.742. The molecule has 4 heteroatoms. The molecule has 0 amide bonds. The topological polar surface area (TPSA) is 48.1 Å². The predicted molar refractivity (Wildman–Crippen MR) is 85.1 cm³/mol. The number of anilines is 1. The lowest BCUT2D eigenvalue weighted by atomic mass is 10.1. The van der Waals surface area contributed by atoms with Gasteiger partial charge in [-0.25, -0.2) is 4.98 Å². The molecule has 0 saturated carbocycles. The summed E-state index contributed by atoms with van der Waals surface area (Å²) in [5, 5.41) is 2.26. The van der Waals surface area contributed by atoms with Gasteiger partial charge in [-0.05, 0) is 53.6 Å². The number of halogens is 1. The normalized spacial score (nSPS) is 10.7. The largest absolute Gasteiger partial charge is 0.437 e. The van der Waals surface area contributed by atoms with Crippen LogP contribution in [0.1, 0.15) is 5.56 Å². The van der Waals surface area contributed by atoms with Gasteiger partial charge in [0.15, 0.2) is 0 Å². The van der Waals surface area contributed by atoms with E-state index in [0.29, 0.717) is 11.6 Å². The number of ether oxygens (including phenoxy) is 1. The standard InChI is InChI=1S/C16H13BrN2O/c1-10-6-15(18)16(19-9-10)20-14-5-3-11-7-13(17)4-2-12(11)8-14/h2-9H,18H2,1H3. The average molecular weight is 329 g/mol. The van der Waals surface area contributed by atoms with E-state index in [0.717, 1.165) is 26.6 Å². The molecule has 1 aromatic heterocycles. The lowest BCUT2D eigenvalue weighted by Gasteiger charge is -2.08. The molecule has 0 bridgehead atoms. The lowest BCUT2D eigenvalue weighted by Crippen LogP contribution is -1.95. The smallest absolute Gasteiger partial charge is 0.242 e. The molecule has 3 nitrogen and oxygen atoms in total. The molecule has 1 heterocycles. The zero-order chi connectivity index (χ0) is 14.1. The molecule has 0 aliphatic heterocycles. The van der Waals surface area contributed by atoms with Gasteiger partial charge in [-0.15, -0.1) is 0 Å². The number of hydrogen-bond donors (Lipinski definition) is 1. The van der Waals surface area contributed by atoms with Crippen molar-refractivity contribution in [3.05, 3.63) is 58.7 Å². The summed E-state index contributed by atoms with van der Waals surface area (Å²) in [6.45, 7) is 1.95. The predicted octanol–water partition coefficient (Wildman–Crippen LogP) is 4.68. The third-order valence-corrected chi connectivity index (χ3v) is 3.50. The van der Waals surface area contributed by atoms with E-state index in [2.05, 4.69) is 27.0 Å². The molecule has 20 heavy (non-hydrogen) atoms. The molecule has 2 N–H and O–H groups in total. The Morgan fingerprint density at radius 3 is 2.60 bits per heavy atom. The highest BCUT2D eigenvalue weighted by atomic mass is 79.9. The fourth-order valence-electron chi connectivity index (χ4n) is 2.03. The minimum atomic E-state index is 0.437. The van der Waals surface area contributed by atoms with Crippen molar-refractivity contribution >= 4 is 32.4 Å². The molecule has 0 unspecified atom stereocenters. The number of nitrogens with zero attached hydrogens (tertiary/aromatic N) is 1. The fourth-order valence-corrected chi connectivity index (χ4v) is 2.41. The summed E-state index contributed by atoms with van der Waals surface area (Å²) in [5.74, 6) is 1.16. The van der Waals surface area contributed by atoms with Crippen molar-refractivity contribution in [3.8, 4) is 11.6 Å². The van der Waals surface area contributed by atoms with Crippen LogP contribution in [-0.4, -0.2) is 4.98 Å². The molecule has 3 aromatic rings. The zero-order valence-corrected chi connectivity index (χ0v) is 12.5. The van der Waals surface area contributed by atoms with Gasteiger partial charge >= 0.3 is 0 Å². The van der Waals surface area contributed by atoms with E-state index in [1.165, 1.54) is 0 Å². The second kappa shape index (κ2) is 5.13. The van der Waals surface area contributed by atoms with E-state index in [1.807, 2.05) is 43.3 Å². The second-order valence-electron chi connectivity index (χ2n) is 4.66. The van der Waals surface area contributed by atoms with Crippen LogP contribution in [0.4, 0.5) is 5.69 Å². The highest BCUT2D eigenvalue weighted by Gasteiger charge is 2.05. The van der Waals surface area contributed by atoms with Crippen molar-refractivity contribution in [1.82, 2.24) is 4.98 Å². The van der Waals surface area contributed by atoms with Crippen LogP contribution in [0, 0.1) is 6.92 Å². The Labute approximate surface area is 125 Å². The average Bonchev–Trinajstić information content (AvgIpc) is 2.42. The molecule has 100 valence electrons.